The fourth-order valence-corrected chi connectivity index (χ4v) is 2.17. The predicted molar refractivity (Wildman–Crippen MR) is 57.0 cm³/mol. The summed E-state index contributed by atoms with van der Waals surface area (Å²) < 4.78 is 0. The zero-order chi connectivity index (χ0) is 9.84. The Labute approximate surface area is 83.8 Å². The predicted octanol–water partition coefficient (Wildman–Crippen LogP) is 2.12. The number of likely N-dealkylation sites (N-methyl/N-ethyl adjacent to an activating group) is 1. The maximum Gasteiger partial charge on any atom is 0.0639 e. The van der Waals surface area contributed by atoms with Gasteiger partial charge in [0.1, 0.15) is 0 Å². The van der Waals surface area contributed by atoms with E-state index in [0.717, 1.165) is 6.54 Å². The summed E-state index contributed by atoms with van der Waals surface area (Å²) >= 11 is 1.76. The van der Waals surface area contributed by atoms with Crippen LogP contribution < -0.4 is 0 Å². The van der Waals surface area contributed by atoms with Crippen LogP contribution in [0.4, 0.5) is 0 Å². The standard InChI is InChI=1S/C10H17NOS/c1-8(12)7-11(3)9(2)10-5-4-6-13-10/h4-6,8-9,12H,7H2,1-3H3/t8-,9?/m1/s1. The molecule has 13 heavy (non-hydrogen) atoms. The van der Waals surface area contributed by atoms with Crippen LogP contribution in [0.5, 0.6) is 0 Å². The van der Waals surface area contributed by atoms with Gasteiger partial charge in [0.2, 0.25) is 0 Å². The third-order valence-electron chi connectivity index (χ3n) is 2.17. The van der Waals surface area contributed by atoms with Gasteiger partial charge in [-0.1, -0.05) is 6.07 Å². The molecule has 1 aromatic heterocycles. The summed E-state index contributed by atoms with van der Waals surface area (Å²) in [7, 11) is 2.04. The minimum Gasteiger partial charge on any atom is -0.392 e. The van der Waals surface area contributed by atoms with Crippen LogP contribution in [0, 0.1) is 0 Å². The molecule has 0 bridgehead atoms. The van der Waals surface area contributed by atoms with Crippen LogP contribution >= 0.6 is 11.3 Å². The lowest BCUT2D eigenvalue weighted by Gasteiger charge is -2.24. The highest BCUT2D eigenvalue weighted by atomic mass is 32.1. The van der Waals surface area contributed by atoms with Crippen molar-refractivity contribution in [1.82, 2.24) is 4.90 Å². The van der Waals surface area contributed by atoms with Crippen molar-refractivity contribution >= 4 is 11.3 Å². The summed E-state index contributed by atoms with van der Waals surface area (Å²) in [6.07, 6.45) is -0.257. The number of rotatable bonds is 4. The van der Waals surface area contributed by atoms with Gasteiger partial charge < -0.3 is 5.11 Å². The fraction of sp³-hybridized carbons (Fsp3) is 0.600. The maximum absolute atomic E-state index is 9.23. The molecule has 1 heterocycles. The second kappa shape index (κ2) is 4.74. The lowest BCUT2D eigenvalue weighted by Crippen LogP contribution is -2.29. The Hall–Kier alpha value is -0.380. The molecule has 0 aliphatic rings. The van der Waals surface area contributed by atoms with E-state index in [4.69, 9.17) is 0 Å². The highest BCUT2D eigenvalue weighted by Crippen LogP contribution is 2.23. The van der Waals surface area contributed by atoms with Crippen molar-refractivity contribution in [3.05, 3.63) is 22.4 Å². The topological polar surface area (TPSA) is 23.5 Å². The monoisotopic (exact) mass is 199 g/mol. The van der Waals surface area contributed by atoms with Crippen molar-refractivity contribution in [1.29, 1.82) is 0 Å². The van der Waals surface area contributed by atoms with Crippen molar-refractivity contribution in [3.8, 4) is 0 Å². The number of aliphatic hydroxyl groups is 1. The average molecular weight is 199 g/mol. The first-order valence-electron chi connectivity index (χ1n) is 4.53. The highest BCUT2D eigenvalue weighted by Gasteiger charge is 2.13. The molecule has 0 amide bonds. The number of aliphatic hydroxyl groups excluding tert-OH is 1. The summed E-state index contributed by atoms with van der Waals surface area (Å²) in [5.41, 5.74) is 0. The van der Waals surface area contributed by atoms with Crippen LogP contribution in [0.25, 0.3) is 0 Å². The Morgan fingerprint density at radius 2 is 2.23 bits per heavy atom. The molecule has 0 saturated carbocycles. The second-order valence-corrected chi connectivity index (χ2v) is 4.46. The van der Waals surface area contributed by atoms with Crippen molar-refractivity contribution in [2.45, 2.75) is 26.0 Å². The third kappa shape index (κ3) is 3.10. The SMILES string of the molecule is CC(c1cccs1)N(C)C[C@@H](C)O. The molecule has 0 aliphatic heterocycles. The fourth-order valence-electron chi connectivity index (χ4n) is 1.32. The number of hydrogen-bond donors (Lipinski definition) is 1. The van der Waals surface area contributed by atoms with E-state index in [1.807, 2.05) is 14.0 Å². The molecule has 1 rings (SSSR count). The molecule has 1 N–H and O–H groups in total. The van der Waals surface area contributed by atoms with Gasteiger partial charge in [-0.2, -0.15) is 0 Å². The van der Waals surface area contributed by atoms with Crippen molar-refractivity contribution in [3.63, 3.8) is 0 Å². The first kappa shape index (κ1) is 10.7. The Kier molecular flexibility index (Phi) is 3.90. The quantitative estimate of drug-likeness (QED) is 0.803. The molecule has 0 saturated heterocycles. The van der Waals surface area contributed by atoms with E-state index >= 15 is 0 Å². The summed E-state index contributed by atoms with van der Waals surface area (Å²) in [4.78, 5) is 3.51. The Morgan fingerprint density at radius 1 is 1.54 bits per heavy atom. The van der Waals surface area contributed by atoms with Gasteiger partial charge in [-0.05, 0) is 32.3 Å². The van der Waals surface area contributed by atoms with Crippen LogP contribution in [0.15, 0.2) is 17.5 Å². The van der Waals surface area contributed by atoms with Gasteiger partial charge in [0, 0.05) is 17.5 Å². The largest absolute Gasteiger partial charge is 0.392 e. The normalized spacial score (nSPS) is 16.1. The molecular weight excluding hydrogens is 182 g/mol. The minimum atomic E-state index is -0.257. The van der Waals surface area contributed by atoms with Gasteiger partial charge in [-0.15, -0.1) is 11.3 Å². The Bertz CT molecular complexity index is 233. The molecule has 2 nitrogen and oxygen atoms in total. The molecule has 0 spiro atoms. The van der Waals surface area contributed by atoms with Gasteiger partial charge in [-0.25, -0.2) is 0 Å². The van der Waals surface area contributed by atoms with E-state index in [2.05, 4.69) is 29.3 Å². The minimum absolute atomic E-state index is 0.257. The Morgan fingerprint density at radius 3 is 2.69 bits per heavy atom. The molecule has 0 radical (unpaired) electrons. The van der Waals surface area contributed by atoms with Gasteiger partial charge >= 0.3 is 0 Å². The van der Waals surface area contributed by atoms with Crippen LogP contribution in [0.3, 0.4) is 0 Å². The van der Waals surface area contributed by atoms with Crippen molar-refractivity contribution < 1.29 is 5.11 Å². The molecule has 0 fully saturated rings. The average Bonchev–Trinajstić information content (AvgIpc) is 2.53. The summed E-state index contributed by atoms with van der Waals surface area (Å²) in [6, 6.07) is 4.59. The van der Waals surface area contributed by atoms with E-state index in [0.29, 0.717) is 6.04 Å². The van der Waals surface area contributed by atoms with E-state index in [9.17, 15) is 5.11 Å². The van der Waals surface area contributed by atoms with Crippen LogP contribution in [0.2, 0.25) is 0 Å². The van der Waals surface area contributed by atoms with Crippen molar-refractivity contribution in [2.75, 3.05) is 13.6 Å². The molecule has 0 aromatic carbocycles. The van der Waals surface area contributed by atoms with E-state index in [-0.39, 0.29) is 6.10 Å². The number of thiophene rings is 1. The van der Waals surface area contributed by atoms with Gasteiger partial charge in [0.25, 0.3) is 0 Å². The first-order valence-corrected chi connectivity index (χ1v) is 5.41. The van der Waals surface area contributed by atoms with Gasteiger partial charge in [0.15, 0.2) is 0 Å². The van der Waals surface area contributed by atoms with Crippen LogP contribution in [-0.4, -0.2) is 29.7 Å². The van der Waals surface area contributed by atoms with Gasteiger partial charge in [-0.3, -0.25) is 4.90 Å². The number of hydrogen-bond acceptors (Lipinski definition) is 3. The zero-order valence-corrected chi connectivity index (χ0v) is 9.21. The van der Waals surface area contributed by atoms with E-state index in [1.54, 1.807) is 11.3 Å². The molecule has 74 valence electrons. The van der Waals surface area contributed by atoms with Crippen LogP contribution in [0.1, 0.15) is 24.8 Å². The van der Waals surface area contributed by atoms with E-state index in [1.165, 1.54) is 4.88 Å². The van der Waals surface area contributed by atoms with Crippen LogP contribution in [-0.2, 0) is 0 Å². The molecule has 1 unspecified atom stereocenters. The molecule has 0 aliphatic carbocycles. The molecular formula is C10H17NOS. The maximum atomic E-state index is 9.23. The smallest absolute Gasteiger partial charge is 0.0639 e. The molecule has 3 heteroatoms. The summed E-state index contributed by atoms with van der Waals surface area (Å²) in [5, 5.41) is 11.3. The summed E-state index contributed by atoms with van der Waals surface area (Å²) in [6.45, 7) is 4.70. The second-order valence-electron chi connectivity index (χ2n) is 3.48. The Balaban J connectivity index is 2.52. The lowest BCUT2D eigenvalue weighted by molar-refractivity contribution is 0.122. The van der Waals surface area contributed by atoms with Gasteiger partial charge in [0.05, 0.1) is 6.10 Å². The number of nitrogens with zero attached hydrogens (tertiary/aromatic N) is 1. The lowest BCUT2D eigenvalue weighted by atomic mass is 10.2. The molecule has 1 aromatic rings. The molecule has 2 atom stereocenters. The first-order chi connectivity index (χ1) is 6.11. The zero-order valence-electron chi connectivity index (χ0n) is 8.40. The highest BCUT2D eigenvalue weighted by molar-refractivity contribution is 7.10. The third-order valence-corrected chi connectivity index (χ3v) is 3.21. The summed E-state index contributed by atoms with van der Waals surface area (Å²) in [5.74, 6) is 0. The van der Waals surface area contributed by atoms with E-state index < -0.39 is 0 Å². The van der Waals surface area contributed by atoms with Crippen molar-refractivity contribution in [2.24, 2.45) is 0 Å².